The highest BCUT2D eigenvalue weighted by atomic mass is 15.3. The van der Waals surface area contributed by atoms with Gasteiger partial charge in [0.05, 0.1) is 0 Å². The van der Waals surface area contributed by atoms with Crippen molar-refractivity contribution in [2.24, 2.45) is 0 Å². The highest BCUT2D eigenvalue weighted by molar-refractivity contribution is 5.46. The van der Waals surface area contributed by atoms with E-state index in [1.807, 2.05) is 26.1 Å². The van der Waals surface area contributed by atoms with Gasteiger partial charge in [0.1, 0.15) is 5.82 Å². The maximum Gasteiger partial charge on any atom is 0.131 e. The molecule has 0 aromatic carbocycles. The summed E-state index contributed by atoms with van der Waals surface area (Å²) in [5, 5.41) is 0. The van der Waals surface area contributed by atoms with Crippen molar-refractivity contribution < 1.29 is 0 Å². The van der Waals surface area contributed by atoms with E-state index in [0.717, 1.165) is 32.0 Å². The van der Waals surface area contributed by atoms with Gasteiger partial charge < -0.3 is 9.80 Å². The number of nitrogens with zero attached hydrogens (tertiary/aromatic N) is 3. The molecular weight excluding hydrogens is 198 g/mol. The Morgan fingerprint density at radius 3 is 2.31 bits per heavy atom. The van der Waals surface area contributed by atoms with Crippen LogP contribution in [0.5, 0.6) is 0 Å². The summed E-state index contributed by atoms with van der Waals surface area (Å²) in [7, 11) is 2.17. The number of hydrogen-bond acceptors (Lipinski definition) is 3. The standard InChI is InChI=1S/C11H17N3.C2H6/c1-10-4-3-5-12-11(10)14-8-6-13(2)7-9-14;1-2/h3-5H,6-9H2,1-2H3;1-2H3. The van der Waals surface area contributed by atoms with Gasteiger partial charge in [0.15, 0.2) is 0 Å². The lowest BCUT2D eigenvalue weighted by Crippen LogP contribution is -2.45. The van der Waals surface area contributed by atoms with Crippen molar-refractivity contribution in [3.63, 3.8) is 0 Å². The molecule has 0 amide bonds. The Balaban J connectivity index is 0.000000606. The predicted octanol–water partition coefficient (Wildman–Crippen LogP) is 2.17. The average Bonchev–Trinajstić information content (AvgIpc) is 2.34. The highest BCUT2D eigenvalue weighted by Crippen LogP contribution is 2.16. The van der Waals surface area contributed by atoms with Gasteiger partial charge in [0.2, 0.25) is 0 Å². The molecule has 1 aliphatic heterocycles. The van der Waals surface area contributed by atoms with Crippen LogP contribution in [0.1, 0.15) is 19.4 Å². The van der Waals surface area contributed by atoms with E-state index in [9.17, 15) is 0 Å². The van der Waals surface area contributed by atoms with Crippen LogP contribution in [0.25, 0.3) is 0 Å². The van der Waals surface area contributed by atoms with Crippen LogP contribution in [0, 0.1) is 6.92 Å². The molecular formula is C13H23N3. The zero-order valence-electron chi connectivity index (χ0n) is 10.9. The molecule has 16 heavy (non-hydrogen) atoms. The van der Waals surface area contributed by atoms with E-state index in [2.05, 4.69) is 34.8 Å². The Labute approximate surface area is 99.1 Å². The van der Waals surface area contributed by atoms with Gasteiger partial charge in [0.25, 0.3) is 0 Å². The van der Waals surface area contributed by atoms with Crippen LogP contribution in [0.2, 0.25) is 0 Å². The lowest BCUT2D eigenvalue weighted by molar-refractivity contribution is 0.312. The van der Waals surface area contributed by atoms with Crippen molar-refractivity contribution in [2.75, 3.05) is 38.1 Å². The molecule has 1 aromatic heterocycles. The molecule has 1 fully saturated rings. The lowest BCUT2D eigenvalue weighted by Gasteiger charge is -2.33. The highest BCUT2D eigenvalue weighted by Gasteiger charge is 2.15. The van der Waals surface area contributed by atoms with E-state index in [0.29, 0.717) is 0 Å². The number of rotatable bonds is 1. The molecule has 0 spiro atoms. The minimum atomic E-state index is 1.09. The van der Waals surface area contributed by atoms with Gasteiger partial charge in [-0.3, -0.25) is 0 Å². The lowest BCUT2D eigenvalue weighted by atomic mass is 10.2. The first-order valence-corrected chi connectivity index (χ1v) is 6.12. The topological polar surface area (TPSA) is 19.4 Å². The molecule has 0 bridgehead atoms. The Morgan fingerprint density at radius 1 is 1.12 bits per heavy atom. The molecule has 0 aliphatic carbocycles. The molecule has 3 nitrogen and oxygen atoms in total. The van der Waals surface area contributed by atoms with E-state index in [4.69, 9.17) is 0 Å². The molecule has 1 saturated heterocycles. The summed E-state index contributed by atoms with van der Waals surface area (Å²) in [4.78, 5) is 9.16. The molecule has 0 atom stereocenters. The first kappa shape index (κ1) is 13.0. The minimum Gasteiger partial charge on any atom is -0.354 e. The van der Waals surface area contributed by atoms with Crippen LogP contribution in [0.15, 0.2) is 18.3 Å². The Morgan fingerprint density at radius 2 is 1.75 bits per heavy atom. The number of likely N-dealkylation sites (N-methyl/N-ethyl adjacent to an activating group) is 1. The van der Waals surface area contributed by atoms with Crippen LogP contribution in [-0.4, -0.2) is 43.1 Å². The fourth-order valence-electron chi connectivity index (χ4n) is 1.83. The number of anilines is 1. The molecule has 0 unspecified atom stereocenters. The molecule has 2 heterocycles. The normalized spacial score (nSPS) is 16.6. The van der Waals surface area contributed by atoms with Crippen molar-refractivity contribution in [3.8, 4) is 0 Å². The summed E-state index contributed by atoms with van der Waals surface area (Å²) >= 11 is 0. The third-order valence-corrected chi connectivity index (χ3v) is 2.78. The summed E-state index contributed by atoms with van der Waals surface area (Å²) in [6.07, 6.45) is 1.88. The molecule has 0 radical (unpaired) electrons. The van der Waals surface area contributed by atoms with Crippen molar-refractivity contribution in [1.29, 1.82) is 0 Å². The van der Waals surface area contributed by atoms with Crippen molar-refractivity contribution in [1.82, 2.24) is 9.88 Å². The maximum absolute atomic E-state index is 4.43. The third-order valence-electron chi connectivity index (χ3n) is 2.78. The van der Waals surface area contributed by atoms with Gasteiger partial charge in [-0.25, -0.2) is 4.98 Å². The average molecular weight is 221 g/mol. The van der Waals surface area contributed by atoms with Gasteiger partial charge in [-0.1, -0.05) is 19.9 Å². The molecule has 1 aromatic rings. The quantitative estimate of drug-likeness (QED) is 0.724. The van der Waals surface area contributed by atoms with Crippen molar-refractivity contribution in [3.05, 3.63) is 23.9 Å². The smallest absolute Gasteiger partial charge is 0.131 e. The zero-order chi connectivity index (χ0) is 12.0. The fourth-order valence-corrected chi connectivity index (χ4v) is 1.83. The summed E-state index contributed by atoms with van der Waals surface area (Å²) in [6, 6.07) is 4.12. The van der Waals surface area contributed by atoms with Crippen molar-refractivity contribution >= 4 is 5.82 Å². The number of piperazine rings is 1. The first-order valence-electron chi connectivity index (χ1n) is 6.12. The summed E-state index contributed by atoms with van der Waals surface area (Å²) in [5.74, 6) is 1.15. The summed E-state index contributed by atoms with van der Waals surface area (Å²) in [6.45, 7) is 10.6. The Kier molecular flexibility index (Phi) is 5.26. The number of aryl methyl sites for hydroxylation is 1. The molecule has 2 rings (SSSR count). The Hall–Kier alpha value is -1.09. The largest absolute Gasteiger partial charge is 0.354 e. The van der Waals surface area contributed by atoms with Gasteiger partial charge in [-0.15, -0.1) is 0 Å². The minimum absolute atomic E-state index is 1.09. The van der Waals surface area contributed by atoms with Crippen LogP contribution < -0.4 is 4.90 Å². The molecule has 3 heteroatoms. The van der Waals surface area contributed by atoms with E-state index >= 15 is 0 Å². The molecule has 90 valence electrons. The van der Waals surface area contributed by atoms with Gasteiger partial charge >= 0.3 is 0 Å². The van der Waals surface area contributed by atoms with Crippen LogP contribution in [0.3, 0.4) is 0 Å². The zero-order valence-corrected chi connectivity index (χ0v) is 10.9. The van der Waals surface area contributed by atoms with Gasteiger partial charge in [-0.05, 0) is 25.6 Å². The third kappa shape index (κ3) is 3.20. The number of pyridine rings is 1. The van der Waals surface area contributed by atoms with E-state index in [1.165, 1.54) is 5.56 Å². The van der Waals surface area contributed by atoms with Gasteiger partial charge in [-0.2, -0.15) is 0 Å². The second-order valence-corrected chi connectivity index (χ2v) is 3.93. The van der Waals surface area contributed by atoms with Crippen LogP contribution >= 0.6 is 0 Å². The van der Waals surface area contributed by atoms with Gasteiger partial charge in [0, 0.05) is 32.4 Å². The van der Waals surface area contributed by atoms with Crippen molar-refractivity contribution in [2.45, 2.75) is 20.8 Å². The second kappa shape index (κ2) is 6.48. The molecule has 1 aliphatic rings. The summed E-state index contributed by atoms with van der Waals surface area (Å²) < 4.78 is 0. The SMILES string of the molecule is CC.Cc1cccnc1N1CCN(C)CC1. The number of aromatic nitrogens is 1. The maximum atomic E-state index is 4.43. The van der Waals surface area contributed by atoms with E-state index in [-0.39, 0.29) is 0 Å². The first-order chi connectivity index (χ1) is 7.77. The fraction of sp³-hybridized carbons (Fsp3) is 0.615. The predicted molar refractivity (Wildman–Crippen MR) is 70.0 cm³/mol. The van der Waals surface area contributed by atoms with E-state index < -0.39 is 0 Å². The number of hydrogen-bond donors (Lipinski definition) is 0. The second-order valence-electron chi connectivity index (χ2n) is 3.93. The summed E-state index contributed by atoms with van der Waals surface area (Å²) in [5.41, 5.74) is 1.28. The van der Waals surface area contributed by atoms with Crippen LogP contribution in [-0.2, 0) is 0 Å². The molecule has 0 saturated carbocycles. The molecule has 0 N–H and O–H groups in total. The Bertz CT molecular complexity index is 304. The monoisotopic (exact) mass is 221 g/mol. The van der Waals surface area contributed by atoms with E-state index in [1.54, 1.807) is 0 Å². The van der Waals surface area contributed by atoms with Crippen LogP contribution in [0.4, 0.5) is 5.82 Å².